The van der Waals surface area contributed by atoms with E-state index < -0.39 is 0 Å². The smallest absolute Gasteiger partial charge is 0.122 e. The summed E-state index contributed by atoms with van der Waals surface area (Å²) in [5.41, 5.74) is 7.41. The number of imidazole rings is 1. The van der Waals surface area contributed by atoms with Crippen LogP contribution in [-0.2, 0) is 13.0 Å². The fraction of sp³-hybridized carbons (Fsp3) is 0.727. The molecule has 2 N–H and O–H groups in total. The van der Waals surface area contributed by atoms with Gasteiger partial charge in [0.1, 0.15) is 5.82 Å². The van der Waals surface area contributed by atoms with Crippen molar-refractivity contribution in [2.24, 2.45) is 5.73 Å². The molecule has 2 unspecified atom stereocenters. The van der Waals surface area contributed by atoms with Gasteiger partial charge in [0, 0.05) is 24.5 Å². The molecular weight excluding hydrogens is 206 g/mol. The van der Waals surface area contributed by atoms with Crippen LogP contribution in [0.5, 0.6) is 0 Å². The molecule has 2 aliphatic rings. The van der Waals surface area contributed by atoms with Crippen molar-refractivity contribution in [3.8, 4) is 0 Å². The highest BCUT2D eigenvalue weighted by atomic mass is 32.2. The van der Waals surface area contributed by atoms with Gasteiger partial charge in [0.15, 0.2) is 0 Å². The summed E-state index contributed by atoms with van der Waals surface area (Å²) < 4.78 is 2.37. The van der Waals surface area contributed by atoms with Crippen LogP contribution in [0.25, 0.3) is 0 Å². The van der Waals surface area contributed by atoms with Crippen molar-refractivity contribution in [1.29, 1.82) is 0 Å². The van der Waals surface area contributed by atoms with Crippen molar-refractivity contribution in [2.45, 2.75) is 43.5 Å². The Bertz CT molecular complexity index is 355. The number of fused-ring (bicyclic) bond motifs is 1. The van der Waals surface area contributed by atoms with Crippen LogP contribution in [0, 0.1) is 0 Å². The predicted molar refractivity (Wildman–Crippen MR) is 63.0 cm³/mol. The highest BCUT2D eigenvalue weighted by molar-refractivity contribution is 7.99. The summed E-state index contributed by atoms with van der Waals surface area (Å²) in [4.78, 5) is 4.60. The van der Waals surface area contributed by atoms with Crippen molar-refractivity contribution >= 4 is 11.8 Å². The second kappa shape index (κ2) is 3.83. The van der Waals surface area contributed by atoms with E-state index in [4.69, 9.17) is 5.73 Å². The quantitative estimate of drug-likeness (QED) is 0.788. The first kappa shape index (κ1) is 9.73. The van der Waals surface area contributed by atoms with Gasteiger partial charge in [-0.2, -0.15) is 11.8 Å². The highest BCUT2D eigenvalue weighted by Gasteiger charge is 2.26. The van der Waals surface area contributed by atoms with E-state index in [0.29, 0.717) is 11.3 Å². The van der Waals surface area contributed by atoms with Crippen molar-refractivity contribution in [3.63, 3.8) is 0 Å². The molecule has 1 saturated heterocycles. The lowest BCUT2D eigenvalue weighted by atomic mass is 10.1. The predicted octanol–water partition coefficient (Wildman–Crippen LogP) is 1.72. The van der Waals surface area contributed by atoms with Crippen LogP contribution in [-0.4, -0.2) is 21.3 Å². The largest absolute Gasteiger partial charge is 0.330 e. The van der Waals surface area contributed by atoms with Gasteiger partial charge in [0.2, 0.25) is 0 Å². The first-order valence-electron chi connectivity index (χ1n) is 5.76. The number of hydrogen-bond donors (Lipinski definition) is 1. The molecule has 82 valence electrons. The molecule has 0 aromatic carbocycles. The minimum Gasteiger partial charge on any atom is -0.330 e. The fourth-order valence-electron chi connectivity index (χ4n) is 2.53. The third-order valence-corrected chi connectivity index (χ3v) is 4.75. The molecule has 1 fully saturated rings. The molecule has 1 aromatic heterocycles. The topological polar surface area (TPSA) is 43.8 Å². The zero-order valence-electron chi connectivity index (χ0n) is 8.85. The molecule has 0 amide bonds. The SMILES string of the molecule is NC1CCc2cnc(C3CCCS3)n2C1. The molecule has 3 rings (SSSR count). The molecule has 3 nitrogen and oxygen atoms in total. The zero-order valence-corrected chi connectivity index (χ0v) is 9.67. The Morgan fingerprint density at radius 1 is 1.47 bits per heavy atom. The van der Waals surface area contributed by atoms with E-state index in [2.05, 4.69) is 15.7 Å². The molecule has 0 aliphatic carbocycles. The van der Waals surface area contributed by atoms with Crippen molar-refractivity contribution in [2.75, 3.05) is 5.75 Å². The van der Waals surface area contributed by atoms with E-state index in [0.717, 1.165) is 19.4 Å². The molecular formula is C11H17N3S. The Morgan fingerprint density at radius 3 is 3.20 bits per heavy atom. The summed E-state index contributed by atoms with van der Waals surface area (Å²) >= 11 is 2.05. The van der Waals surface area contributed by atoms with Crippen LogP contribution in [0.2, 0.25) is 0 Å². The average Bonchev–Trinajstić information content (AvgIpc) is 2.83. The van der Waals surface area contributed by atoms with E-state index in [-0.39, 0.29) is 0 Å². The minimum atomic E-state index is 0.330. The van der Waals surface area contributed by atoms with Crippen LogP contribution in [0.4, 0.5) is 0 Å². The van der Waals surface area contributed by atoms with Gasteiger partial charge in [0.05, 0.1) is 5.25 Å². The monoisotopic (exact) mass is 223 g/mol. The van der Waals surface area contributed by atoms with Crippen LogP contribution in [0.3, 0.4) is 0 Å². The van der Waals surface area contributed by atoms with Gasteiger partial charge in [0.25, 0.3) is 0 Å². The number of aryl methyl sites for hydroxylation is 1. The first-order valence-corrected chi connectivity index (χ1v) is 6.81. The zero-order chi connectivity index (χ0) is 10.3. The normalized spacial score (nSPS) is 30.5. The standard InChI is InChI=1S/C11H17N3S/c12-8-3-4-9-6-13-11(14(9)7-8)10-2-1-5-15-10/h6,8,10H,1-5,7,12H2. The van der Waals surface area contributed by atoms with Gasteiger partial charge >= 0.3 is 0 Å². The molecule has 3 heterocycles. The summed E-state index contributed by atoms with van der Waals surface area (Å²) in [6, 6.07) is 0.330. The Balaban J connectivity index is 1.92. The molecule has 0 spiro atoms. The van der Waals surface area contributed by atoms with E-state index in [9.17, 15) is 0 Å². The Kier molecular flexibility index (Phi) is 2.48. The summed E-state index contributed by atoms with van der Waals surface area (Å²) in [5.74, 6) is 2.57. The number of aromatic nitrogens is 2. The Hall–Kier alpha value is -0.480. The molecule has 0 radical (unpaired) electrons. The molecule has 1 aromatic rings. The number of nitrogens with zero attached hydrogens (tertiary/aromatic N) is 2. The second-order valence-corrected chi connectivity index (χ2v) is 5.83. The lowest BCUT2D eigenvalue weighted by Crippen LogP contribution is -2.32. The molecule has 4 heteroatoms. The summed E-state index contributed by atoms with van der Waals surface area (Å²) in [6.45, 7) is 0.974. The maximum atomic E-state index is 6.02. The van der Waals surface area contributed by atoms with Crippen LogP contribution >= 0.6 is 11.8 Å². The summed E-state index contributed by atoms with van der Waals surface area (Å²) in [7, 11) is 0. The molecule has 2 atom stereocenters. The van der Waals surface area contributed by atoms with Gasteiger partial charge in [-0.15, -0.1) is 0 Å². The first-order chi connectivity index (χ1) is 7.34. The van der Waals surface area contributed by atoms with Crippen molar-refractivity contribution in [3.05, 3.63) is 17.7 Å². The molecule has 0 bridgehead atoms. The van der Waals surface area contributed by atoms with E-state index in [1.807, 2.05) is 11.8 Å². The molecule has 0 saturated carbocycles. The van der Waals surface area contributed by atoms with Crippen LogP contribution in [0.15, 0.2) is 6.20 Å². The third kappa shape index (κ3) is 1.70. The highest BCUT2D eigenvalue weighted by Crippen LogP contribution is 2.39. The molecule has 15 heavy (non-hydrogen) atoms. The van der Waals surface area contributed by atoms with Crippen LogP contribution in [0.1, 0.15) is 36.0 Å². The number of rotatable bonds is 1. The van der Waals surface area contributed by atoms with Gasteiger partial charge in [-0.1, -0.05) is 0 Å². The fourth-order valence-corrected chi connectivity index (χ4v) is 3.82. The lowest BCUT2D eigenvalue weighted by Gasteiger charge is -2.23. The van der Waals surface area contributed by atoms with Gasteiger partial charge < -0.3 is 10.3 Å². The number of nitrogens with two attached hydrogens (primary N) is 1. The average molecular weight is 223 g/mol. The van der Waals surface area contributed by atoms with E-state index >= 15 is 0 Å². The summed E-state index contributed by atoms with van der Waals surface area (Å²) in [5, 5.41) is 0.629. The van der Waals surface area contributed by atoms with Crippen molar-refractivity contribution < 1.29 is 0 Å². The Labute approximate surface area is 94.4 Å². The van der Waals surface area contributed by atoms with Crippen molar-refractivity contribution in [1.82, 2.24) is 9.55 Å². The minimum absolute atomic E-state index is 0.330. The number of hydrogen-bond acceptors (Lipinski definition) is 3. The molecule has 2 aliphatic heterocycles. The van der Waals surface area contributed by atoms with Gasteiger partial charge in [-0.3, -0.25) is 0 Å². The van der Waals surface area contributed by atoms with E-state index in [1.165, 1.54) is 30.1 Å². The second-order valence-electron chi connectivity index (χ2n) is 4.52. The number of thioether (sulfide) groups is 1. The van der Waals surface area contributed by atoms with E-state index in [1.54, 1.807) is 0 Å². The maximum Gasteiger partial charge on any atom is 0.122 e. The Morgan fingerprint density at radius 2 is 2.40 bits per heavy atom. The van der Waals surface area contributed by atoms with Crippen LogP contribution < -0.4 is 5.73 Å². The third-order valence-electron chi connectivity index (χ3n) is 3.38. The van der Waals surface area contributed by atoms with Gasteiger partial charge in [-0.05, 0) is 31.4 Å². The maximum absolute atomic E-state index is 6.02. The van der Waals surface area contributed by atoms with Gasteiger partial charge in [-0.25, -0.2) is 4.98 Å². The lowest BCUT2D eigenvalue weighted by molar-refractivity contribution is 0.447. The summed E-state index contributed by atoms with van der Waals surface area (Å²) in [6.07, 6.45) is 6.90.